The molecule has 0 aliphatic carbocycles. The van der Waals surface area contributed by atoms with Gasteiger partial charge in [-0.1, -0.05) is 6.07 Å². The van der Waals surface area contributed by atoms with E-state index in [-0.39, 0.29) is 23.9 Å². The Hall–Kier alpha value is -3.09. The van der Waals surface area contributed by atoms with E-state index in [0.29, 0.717) is 22.7 Å². The summed E-state index contributed by atoms with van der Waals surface area (Å²) in [6, 6.07) is 9.02. The summed E-state index contributed by atoms with van der Waals surface area (Å²) in [4.78, 5) is 25.3. The lowest BCUT2D eigenvalue weighted by Crippen LogP contribution is -2.25. The highest BCUT2D eigenvalue weighted by atomic mass is 19.1. The molecule has 0 aromatic heterocycles. The summed E-state index contributed by atoms with van der Waals surface area (Å²) in [6.07, 6.45) is 0.0556. The highest BCUT2D eigenvalue weighted by molar-refractivity contribution is 6.00. The molecule has 2 amide bonds. The Balaban J connectivity index is 2.20. The number of ether oxygens (including phenoxy) is 2. The summed E-state index contributed by atoms with van der Waals surface area (Å²) in [5, 5.41) is 2.66. The van der Waals surface area contributed by atoms with Crippen molar-refractivity contribution >= 4 is 23.2 Å². The van der Waals surface area contributed by atoms with Crippen LogP contribution in [0.5, 0.6) is 11.5 Å². The average Bonchev–Trinajstić information content (AvgIpc) is 2.61. The number of benzene rings is 2. The first-order chi connectivity index (χ1) is 12.3. The first kappa shape index (κ1) is 19.2. The lowest BCUT2D eigenvalue weighted by Gasteiger charge is -2.19. The first-order valence-electron chi connectivity index (χ1n) is 7.90. The van der Waals surface area contributed by atoms with Crippen LogP contribution in [0.2, 0.25) is 0 Å². The Morgan fingerprint density at radius 3 is 2.38 bits per heavy atom. The minimum absolute atomic E-state index is 0.0556. The van der Waals surface area contributed by atoms with Crippen molar-refractivity contribution in [2.45, 2.75) is 13.3 Å². The van der Waals surface area contributed by atoms with Crippen LogP contribution < -0.4 is 19.7 Å². The number of rotatable bonds is 6. The van der Waals surface area contributed by atoms with E-state index in [0.717, 1.165) is 0 Å². The van der Waals surface area contributed by atoms with Crippen LogP contribution in [0.25, 0.3) is 0 Å². The molecule has 26 heavy (non-hydrogen) atoms. The normalized spacial score (nSPS) is 10.2. The van der Waals surface area contributed by atoms with Crippen molar-refractivity contribution in [2.75, 3.05) is 31.5 Å². The maximum atomic E-state index is 13.6. The van der Waals surface area contributed by atoms with E-state index in [1.807, 2.05) is 0 Å². The van der Waals surface area contributed by atoms with Gasteiger partial charge in [-0.25, -0.2) is 4.39 Å². The largest absolute Gasteiger partial charge is 0.493 e. The molecule has 7 heteroatoms. The van der Waals surface area contributed by atoms with E-state index in [2.05, 4.69) is 5.32 Å². The number of carbonyl (C=O) groups is 2. The molecule has 0 saturated heterocycles. The molecule has 138 valence electrons. The molecule has 2 aromatic rings. The fraction of sp³-hybridized carbons (Fsp3) is 0.263. The van der Waals surface area contributed by atoms with Gasteiger partial charge in [0.2, 0.25) is 11.8 Å². The average molecular weight is 360 g/mol. The predicted octanol–water partition coefficient (Wildman–Crippen LogP) is 3.01. The smallest absolute Gasteiger partial charge is 0.228 e. The lowest BCUT2D eigenvalue weighted by atomic mass is 10.1. The summed E-state index contributed by atoms with van der Waals surface area (Å²) in [5.74, 6) is -0.00662. The Labute approximate surface area is 151 Å². The van der Waals surface area contributed by atoms with E-state index in [1.54, 1.807) is 25.2 Å². The zero-order valence-electron chi connectivity index (χ0n) is 15.1. The monoisotopic (exact) mass is 360 g/mol. The van der Waals surface area contributed by atoms with Crippen molar-refractivity contribution in [3.63, 3.8) is 0 Å². The number of hydrogen-bond acceptors (Lipinski definition) is 4. The third-order valence-electron chi connectivity index (χ3n) is 3.88. The zero-order chi connectivity index (χ0) is 19.3. The van der Waals surface area contributed by atoms with Gasteiger partial charge in [0.05, 0.1) is 32.0 Å². The fourth-order valence-electron chi connectivity index (χ4n) is 2.44. The second kappa shape index (κ2) is 8.33. The molecule has 0 atom stereocenters. The minimum Gasteiger partial charge on any atom is -0.493 e. The minimum atomic E-state index is -0.507. The van der Waals surface area contributed by atoms with E-state index in [9.17, 15) is 14.0 Å². The molecule has 0 spiro atoms. The van der Waals surface area contributed by atoms with Gasteiger partial charge in [-0.05, 0) is 35.9 Å². The maximum absolute atomic E-state index is 13.6. The number of nitrogens with zero attached hydrogens (tertiary/aromatic N) is 1. The van der Waals surface area contributed by atoms with Crippen LogP contribution in [-0.2, 0) is 16.0 Å². The Kier molecular flexibility index (Phi) is 6.16. The molecule has 0 heterocycles. The third-order valence-corrected chi connectivity index (χ3v) is 3.88. The summed E-state index contributed by atoms with van der Waals surface area (Å²) in [6.45, 7) is 1.39. The molecule has 0 aliphatic rings. The molecule has 0 radical (unpaired) electrons. The molecule has 2 aromatic carbocycles. The number of halogens is 1. The number of carbonyl (C=O) groups excluding carboxylic acids is 2. The van der Waals surface area contributed by atoms with Crippen LogP contribution in [0.4, 0.5) is 15.8 Å². The van der Waals surface area contributed by atoms with Gasteiger partial charge in [0, 0.05) is 14.0 Å². The van der Waals surface area contributed by atoms with Gasteiger partial charge >= 0.3 is 0 Å². The topological polar surface area (TPSA) is 67.9 Å². The van der Waals surface area contributed by atoms with Gasteiger partial charge in [-0.2, -0.15) is 0 Å². The Morgan fingerprint density at radius 1 is 1.08 bits per heavy atom. The fourth-order valence-corrected chi connectivity index (χ4v) is 2.44. The number of hydrogen-bond donors (Lipinski definition) is 1. The number of methoxy groups -OCH3 is 2. The molecule has 0 unspecified atom stereocenters. The van der Waals surface area contributed by atoms with Crippen molar-refractivity contribution in [3.05, 3.63) is 47.8 Å². The molecule has 0 bridgehead atoms. The molecule has 2 rings (SSSR count). The summed E-state index contributed by atoms with van der Waals surface area (Å²) in [5.41, 5.74) is 1.35. The Bertz CT molecular complexity index is 823. The van der Waals surface area contributed by atoms with E-state index in [1.165, 1.54) is 44.2 Å². The first-order valence-corrected chi connectivity index (χ1v) is 7.90. The van der Waals surface area contributed by atoms with Gasteiger partial charge in [0.25, 0.3) is 0 Å². The second-order valence-electron chi connectivity index (χ2n) is 5.65. The number of nitrogens with one attached hydrogen (secondary N) is 1. The summed E-state index contributed by atoms with van der Waals surface area (Å²) < 4.78 is 24.0. The third kappa shape index (κ3) is 4.50. The van der Waals surface area contributed by atoms with E-state index in [4.69, 9.17) is 9.47 Å². The molecular formula is C19H21FN2O4. The van der Waals surface area contributed by atoms with Crippen molar-refractivity contribution < 1.29 is 23.5 Å². The molecule has 0 saturated carbocycles. The molecule has 6 nitrogen and oxygen atoms in total. The van der Waals surface area contributed by atoms with Gasteiger partial charge in [0.15, 0.2) is 11.5 Å². The van der Waals surface area contributed by atoms with Gasteiger partial charge in [0.1, 0.15) is 5.82 Å². The second-order valence-corrected chi connectivity index (χ2v) is 5.65. The highest BCUT2D eigenvalue weighted by Crippen LogP contribution is 2.29. The van der Waals surface area contributed by atoms with Gasteiger partial charge < -0.3 is 19.7 Å². The van der Waals surface area contributed by atoms with Crippen LogP contribution in [0.3, 0.4) is 0 Å². The van der Waals surface area contributed by atoms with Gasteiger partial charge in [-0.3, -0.25) is 9.59 Å². The van der Waals surface area contributed by atoms with E-state index < -0.39 is 5.82 Å². The standard InChI is InChI=1S/C19H21FN2O4/c1-12(23)22(2)16-7-6-14(20)11-15(16)21-19(24)10-13-5-8-17(25-3)18(9-13)26-4/h5-9,11H,10H2,1-4H3,(H,21,24). The predicted molar refractivity (Wildman–Crippen MR) is 97.4 cm³/mol. The molecule has 0 fully saturated rings. The summed E-state index contributed by atoms with van der Waals surface area (Å²) in [7, 11) is 4.60. The number of anilines is 2. The zero-order valence-corrected chi connectivity index (χ0v) is 15.1. The van der Waals surface area contributed by atoms with Crippen LogP contribution in [0.1, 0.15) is 12.5 Å². The molecular weight excluding hydrogens is 339 g/mol. The quantitative estimate of drug-likeness (QED) is 0.860. The SMILES string of the molecule is COc1ccc(CC(=O)Nc2cc(F)ccc2N(C)C(C)=O)cc1OC. The Morgan fingerprint density at radius 2 is 1.77 bits per heavy atom. The van der Waals surface area contributed by atoms with Crippen LogP contribution in [0, 0.1) is 5.82 Å². The van der Waals surface area contributed by atoms with Gasteiger partial charge in [-0.15, -0.1) is 0 Å². The van der Waals surface area contributed by atoms with Crippen LogP contribution >= 0.6 is 0 Å². The maximum Gasteiger partial charge on any atom is 0.228 e. The van der Waals surface area contributed by atoms with Crippen molar-refractivity contribution in [3.8, 4) is 11.5 Å². The highest BCUT2D eigenvalue weighted by Gasteiger charge is 2.15. The van der Waals surface area contributed by atoms with Crippen LogP contribution in [0.15, 0.2) is 36.4 Å². The molecule has 0 aliphatic heterocycles. The number of amides is 2. The van der Waals surface area contributed by atoms with Crippen LogP contribution in [-0.4, -0.2) is 33.1 Å². The van der Waals surface area contributed by atoms with E-state index >= 15 is 0 Å². The van der Waals surface area contributed by atoms with Crippen molar-refractivity contribution in [1.29, 1.82) is 0 Å². The molecule has 1 N–H and O–H groups in total. The lowest BCUT2D eigenvalue weighted by molar-refractivity contribution is -0.117. The van der Waals surface area contributed by atoms with Crippen molar-refractivity contribution in [2.24, 2.45) is 0 Å². The summed E-state index contributed by atoms with van der Waals surface area (Å²) >= 11 is 0. The van der Waals surface area contributed by atoms with Crippen molar-refractivity contribution in [1.82, 2.24) is 0 Å².